The number of nitrogens with zero attached hydrogens (tertiary/aromatic N) is 4. The highest BCUT2D eigenvalue weighted by molar-refractivity contribution is 5.92. The lowest BCUT2D eigenvalue weighted by molar-refractivity contribution is 0.0703. The molecule has 7 nitrogen and oxygen atoms in total. The summed E-state index contributed by atoms with van der Waals surface area (Å²) < 4.78 is 1.19. The van der Waals surface area contributed by atoms with Gasteiger partial charge < -0.3 is 4.90 Å². The molecule has 2 aromatic heterocycles. The fourth-order valence-electron chi connectivity index (χ4n) is 3.65. The van der Waals surface area contributed by atoms with E-state index in [0.29, 0.717) is 24.7 Å². The second-order valence-corrected chi connectivity index (χ2v) is 7.23. The highest BCUT2D eigenvalue weighted by Gasteiger charge is 2.26. The molecule has 4 rings (SSSR count). The van der Waals surface area contributed by atoms with E-state index >= 15 is 0 Å². The van der Waals surface area contributed by atoms with Crippen LogP contribution >= 0.6 is 0 Å². The first-order chi connectivity index (χ1) is 13.6. The molecule has 3 heterocycles. The Morgan fingerprint density at radius 2 is 1.89 bits per heavy atom. The van der Waals surface area contributed by atoms with E-state index in [2.05, 4.69) is 33.5 Å². The first-order valence-corrected chi connectivity index (χ1v) is 9.52. The van der Waals surface area contributed by atoms with Gasteiger partial charge in [-0.05, 0) is 30.5 Å². The molecule has 7 heteroatoms. The van der Waals surface area contributed by atoms with Gasteiger partial charge in [0.1, 0.15) is 5.69 Å². The van der Waals surface area contributed by atoms with Crippen LogP contribution in [0, 0.1) is 0 Å². The van der Waals surface area contributed by atoms with Gasteiger partial charge in [-0.25, -0.2) is 4.68 Å². The molecule has 0 saturated carbocycles. The van der Waals surface area contributed by atoms with E-state index in [0.717, 1.165) is 30.7 Å². The number of H-pyrrole nitrogens is 1. The van der Waals surface area contributed by atoms with Gasteiger partial charge in [-0.3, -0.25) is 14.7 Å². The molecule has 1 fully saturated rings. The molecule has 0 unspecified atom stereocenters. The summed E-state index contributed by atoms with van der Waals surface area (Å²) in [6.07, 6.45) is 2.57. The van der Waals surface area contributed by atoms with Crippen LogP contribution in [-0.2, 0) is 13.5 Å². The third-order valence-electron chi connectivity index (χ3n) is 5.27. The van der Waals surface area contributed by atoms with Crippen LogP contribution in [0.15, 0.2) is 53.3 Å². The summed E-state index contributed by atoms with van der Waals surface area (Å²) in [5, 5.41) is 11.7. The number of carbonyl (C=O) groups excluding carboxylic acids is 1. The molecule has 1 N–H and O–H groups in total. The second-order valence-electron chi connectivity index (χ2n) is 7.23. The maximum absolute atomic E-state index is 12.6. The Balaban J connectivity index is 1.37. The van der Waals surface area contributed by atoms with Crippen LogP contribution < -0.4 is 5.56 Å². The predicted molar refractivity (Wildman–Crippen MR) is 105 cm³/mol. The average Bonchev–Trinajstić information content (AvgIpc) is 3.19. The quantitative estimate of drug-likeness (QED) is 0.755. The van der Waals surface area contributed by atoms with E-state index in [9.17, 15) is 9.59 Å². The summed E-state index contributed by atoms with van der Waals surface area (Å²) in [7, 11) is 1.55. The van der Waals surface area contributed by atoms with Crippen LogP contribution in [0.2, 0.25) is 0 Å². The fourth-order valence-corrected chi connectivity index (χ4v) is 3.65. The Bertz CT molecular complexity index is 1020. The molecule has 1 aliphatic heterocycles. The van der Waals surface area contributed by atoms with Gasteiger partial charge >= 0.3 is 0 Å². The van der Waals surface area contributed by atoms with Gasteiger partial charge in [-0.15, -0.1) is 0 Å². The van der Waals surface area contributed by atoms with Crippen LogP contribution in [0.4, 0.5) is 0 Å². The number of rotatable bonds is 4. The fraction of sp³-hybridized carbons (Fsp3) is 0.333. The predicted octanol–water partition coefficient (Wildman–Crippen LogP) is 2.11. The average molecular weight is 377 g/mol. The van der Waals surface area contributed by atoms with Crippen molar-refractivity contribution in [3.8, 4) is 0 Å². The van der Waals surface area contributed by atoms with Gasteiger partial charge in [-0.1, -0.05) is 30.3 Å². The summed E-state index contributed by atoms with van der Waals surface area (Å²) in [5.41, 5.74) is 3.51. The van der Waals surface area contributed by atoms with E-state index < -0.39 is 0 Å². The zero-order chi connectivity index (χ0) is 19.5. The number of benzene rings is 1. The van der Waals surface area contributed by atoms with Gasteiger partial charge in [-0.2, -0.15) is 10.2 Å². The Kier molecular flexibility index (Phi) is 5.06. The SMILES string of the molecule is Cn1nc(C(=O)N2CCC(c3cc(Cc4ccccc4)[nH]n3)CC2)ccc1=O. The maximum atomic E-state index is 12.6. The first-order valence-electron chi connectivity index (χ1n) is 9.52. The third-order valence-corrected chi connectivity index (χ3v) is 5.27. The van der Waals surface area contributed by atoms with Crippen molar-refractivity contribution in [3.63, 3.8) is 0 Å². The first kappa shape index (κ1) is 18.2. The molecule has 144 valence electrons. The van der Waals surface area contributed by atoms with Crippen molar-refractivity contribution in [2.45, 2.75) is 25.2 Å². The minimum atomic E-state index is -0.222. The van der Waals surface area contributed by atoms with E-state index in [1.54, 1.807) is 11.9 Å². The summed E-state index contributed by atoms with van der Waals surface area (Å²) >= 11 is 0. The molecule has 0 atom stereocenters. The third kappa shape index (κ3) is 3.88. The number of hydrogen-bond donors (Lipinski definition) is 1. The van der Waals surface area contributed by atoms with Gasteiger partial charge in [0.2, 0.25) is 0 Å². The highest BCUT2D eigenvalue weighted by Crippen LogP contribution is 2.28. The van der Waals surface area contributed by atoms with E-state index in [1.165, 1.54) is 22.4 Å². The van der Waals surface area contributed by atoms with Crippen molar-refractivity contribution in [2.75, 3.05) is 13.1 Å². The molecular formula is C21H23N5O2. The van der Waals surface area contributed by atoms with Crippen LogP contribution in [0.3, 0.4) is 0 Å². The minimum absolute atomic E-state index is 0.124. The number of likely N-dealkylation sites (tertiary alicyclic amines) is 1. The largest absolute Gasteiger partial charge is 0.337 e. The zero-order valence-electron chi connectivity index (χ0n) is 15.8. The van der Waals surface area contributed by atoms with Crippen molar-refractivity contribution in [2.24, 2.45) is 7.05 Å². The van der Waals surface area contributed by atoms with Gasteiger partial charge in [0.15, 0.2) is 0 Å². The lowest BCUT2D eigenvalue weighted by Gasteiger charge is -2.31. The number of hydrogen-bond acceptors (Lipinski definition) is 4. The Labute approximate surface area is 163 Å². The standard InChI is InChI=1S/C21H23N5O2/c1-25-20(27)8-7-18(24-25)21(28)26-11-9-16(10-12-26)19-14-17(22-23-19)13-15-5-3-2-4-6-15/h2-8,14,16H,9-13H2,1H3,(H,22,23). The van der Waals surface area contributed by atoms with Gasteiger partial charge in [0.05, 0.1) is 5.69 Å². The lowest BCUT2D eigenvalue weighted by Crippen LogP contribution is -2.39. The second kappa shape index (κ2) is 7.80. The molecule has 28 heavy (non-hydrogen) atoms. The smallest absolute Gasteiger partial charge is 0.274 e. The summed E-state index contributed by atoms with van der Waals surface area (Å²) in [6.45, 7) is 1.32. The highest BCUT2D eigenvalue weighted by atomic mass is 16.2. The lowest BCUT2D eigenvalue weighted by atomic mass is 9.93. The molecule has 1 amide bonds. The molecule has 3 aromatic rings. The van der Waals surface area contributed by atoms with Crippen molar-refractivity contribution in [1.29, 1.82) is 0 Å². The van der Waals surface area contributed by atoms with Gasteiger partial charge in [0, 0.05) is 44.2 Å². The summed E-state index contributed by atoms with van der Waals surface area (Å²) in [5.74, 6) is 0.221. The molecule has 0 radical (unpaired) electrons. The number of piperidine rings is 1. The molecule has 1 aromatic carbocycles. The minimum Gasteiger partial charge on any atom is -0.337 e. The molecule has 1 saturated heterocycles. The summed E-state index contributed by atoms with van der Waals surface area (Å²) in [6, 6.07) is 15.3. The number of nitrogens with one attached hydrogen (secondary N) is 1. The Morgan fingerprint density at radius 3 is 2.61 bits per heavy atom. The normalized spacial score (nSPS) is 15.0. The number of carbonyl (C=O) groups is 1. The number of aryl methyl sites for hydroxylation is 1. The Hall–Kier alpha value is -3.22. The number of amides is 1. The molecule has 0 aliphatic carbocycles. The van der Waals surface area contributed by atoms with Crippen LogP contribution in [0.5, 0.6) is 0 Å². The molecule has 0 spiro atoms. The number of aromatic amines is 1. The topological polar surface area (TPSA) is 83.9 Å². The van der Waals surface area contributed by atoms with E-state index in [1.807, 2.05) is 18.2 Å². The van der Waals surface area contributed by atoms with Crippen molar-refractivity contribution >= 4 is 5.91 Å². The van der Waals surface area contributed by atoms with Crippen LogP contribution in [-0.4, -0.2) is 43.9 Å². The monoisotopic (exact) mass is 377 g/mol. The zero-order valence-corrected chi connectivity index (χ0v) is 15.8. The van der Waals surface area contributed by atoms with E-state index in [-0.39, 0.29) is 11.5 Å². The van der Waals surface area contributed by atoms with Crippen molar-refractivity contribution in [3.05, 3.63) is 81.5 Å². The molecular weight excluding hydrogens is 354 g/mol. The van der Waals surface area contributed by atoms with Crippen molar-refractivity contribution < 1.29 is 4.79 Å². The van der Waals surface area contributed by atoms with Crippen LogP contribution in [0.1, 0.15) is 46.2 Å². The van der Waals surface area contributed by atoms with Crippen molar-refractivity contribution in [1.82, 2.24) is 24.9 Å². The molecule has 0 bridgehead atoms. The molecule has 1 aliphatic rings. The van der Waals surface area contributed by atoms with Crippen LogP contribution in [0.25, 0.3) is 0 Å². The number of aromatic nitrogens is 4. The Morgan fingerprint density at radius 1 is 1.14 bits per heavy atom. The van der Waals surface area contributed by atoms with Gasteiger partial charge in [0.25, 0.3) is 11.5 Å². The maximum Gasteiger partial charge on any atom is 0.274 e. The van der Waals surface area contributed by atoms with E-state index in [4.69, 9.17) is 0 Å². The summed E-state index contributed by atoms with van der Waals surface area (Å²) in [4.78, 5) is 25.9.